The Balaban J connectivity index is 2.04. The molecule has 0 atom stereocenters. The lowest BCUT2D eigenvalue weighted by atomic mass is 9.87. The van der Waals surface area contributed by atoms with Gasteiger partial charge in [0.2, 0.25) is 0 Å². The van der Waals surface area contributed by atoms with Gasteiger partial charge in [-0.1, -0.05) is 48.5 Å². The zero-order valence-electron chi connectivity index (χ0n) is 17.6. The largest absolute Gasteiger partial charge is 0.358 e. The van der Waals surface area contributed by atoms with Crippen LogP contribution in [-0.4, -0.2) is 10.7 Å². The molecule has 0 spiro atoms. The SMILES string of the molecule is CC1=CC(C)=N/C1=C(/c1[nH]c(C)cc1C)c1c2ccccc2c(Br)c2ccccc12. The number of fused-ring (bicyclic) bond motifs is 2. The summed E-state index contributed by atoms with van der Waals surface area (Å²) in [6.45, 7) is 8.51. The average Bonchev–Trinajstić information content (AvgIpc) is 3.24. The van der Waals surface area contributed by atoms with Gasteiger partial charge in [0.15, 0.2) is 0 Å². The van der Waals surface area contributed by atoms with Crippen LogP contribution in [-0.2, 0) is 0 Å². The van der Waals surface area contributed by atoms with E-state index in [0.29, 0.717) is 0 Å². The molecule has 1 aliphatic heterocycles. The fraction of sp³-hybridized carbons (Fsp3) is 0.148. The number of H-pyrrole nitrogens is 1. The summed E-state index contributed by atoms with van der Waals surface area (Å²) in [5.41, 5.74) is 9.24. The van der Waals surface area contributed by atoms with Gasteiger partial charge in [0, 0.05) is 27.0 Å². The van der Waals surface area contributed by atoms with Gasteiger partial charge in [0.1, 0.15) is 0 Å². The molecule has 0 aliphatic carbocycles. The first-order valence-electron chi connectivity index (χ1n) is 10.2. The summed E-state index contributed by atoms with van der Waals surface area (Å²) in [5.74, 6) is 0. The molecule has 2 heterocycles. The van der Waals surface area contributed by atoms with Crippen molar-refractivity contribution in [1.82, 2.24) is 4.98 Å². The Morgan fingerprint density at radius 1 is 0.833 bits per heavy atom. The molecule has 0 amide bonds. The molecule has 1 N–H and O–H groups in total. The van der Waals surface area contributed by atoms with Gasteiger partial charge in [-0.2, -0.15) is 0 Å². The Kier molecular flexibility index (Phi) is 4.52. The molecule has 0 unspecified atom stereocenters. The molecule has 148 valence electrons. The van der Waals surface area contributed by atoms with Crippen molar-refractivity contribution in [3.8, 4) is 0 Å². The summed E-state index contributed by atoms with van der Waals surface area (Å²) in [7, 11) is 0. The van der Waals surface area contributed by atoms with E-state index >= 15 is 0 Å². The first-order chi connectivity index (χ1) is 14.5. The first-order valence-corrected chi connectivity index (χ1v) is 11.0. The van der Waals surface area contributed by atoms with Crippen molar-refractivity contribution in [2.75, 3.05) is 0 Å². The molecule has 0 radical (unpaired) electrons. The first kappa shape index (κ1) is 19.1. The second kappa shape index (κ2) is 7.10. The van der Waals surface area contributed by atoms with Crippen molar-refractivity contribution < 1.29 is 0 Å². The van der Waals surface area contributed by atoms with Crippen molar-refractivity contribution in [3.05, 3.63) is 98.9 Å². The minimum absolute atomic E-state index is 1.05. The van der Waals surface area contributed by atoms with E-state index in [1.807, 2.05) is 0 Å². The molecule has 30 heavy (non-hydrogen) atoms. The highest BCUT2D eigenvalue weighted by molar-refractivity contribution is 9.10. The lowest BCUT2D eigenvalue weighted by Crippen LogP contribution is -1.99. The molecule has 1 aromatic heterocycles. The Hall–Kier alpha value is -2.91. The van der Waals surface area contributed by atoms with Gasteiger partial charge >= 0.3 is 0 Å². The van der Waals surface area contributed by atoms with Gasteiger partial charge in [0.05, 0.1) is 11.4 Å². The quantitative estimate of drug-likeness (QED) is 0.298. The van der Waals surface area contributed by atoms with E-state index in [-0.39, 0.29) is 0 Å². The highest BCUT2D eigenvalue weighted by Gasteiger charge is 2.24. The Morgan fingerprint density at radius 2 is 1.40 bits per heavy atom. The van der Waals surface area contributed by atoms with Gasteiger partial charge in [0.25, 0.3) is 0 Å². The van der Waals surface area contributed by atoms with Crippen LogP contribution < -0.4 is 0 Å². The normalized spacial score (nSPS) is 15.6. The molecule has 0 saturated carbocycles. The molecule has 1 aliphatic rings. The monoisotopic (exact) mass is 454 g/mol. The maximum absolute atomic E-state index is 4.98. The minimum atomic E-state index is 1.05. The van der Waals surface area contributed by atoms with E-state index in [4.69, 9.17) is 4.99 Å². The number of aromatic amines is 1. The molecule has 0 fully saturated rings. The van der Waals surface area contributed by atoms with Crippen molar-refractivity contribution in [1.29, 1.82) is 0 Å². The Bertz CT molecular complexity index is 1370. The van der Waals surface area contributed by atoms with Gasteiger partial charge in [-0.15, -0.1) is 0 Å². The van der Waals surface area contributed by atoms with Gasteiger partial charge in [-0.25, -0.2) is 0 Å². The third-order valence-electron chi connectivity index (χ3n) is 5.84. The van der Waals surface area contributed by atoms with Crippen molar-refractivity contribution in [2.45, 2.75) is 27.7 Å². The second-order valence-electron chi connectivity index (χ2n) is 8.09. The highest BCUT2D eigenvalue weighted by atomic mass is 79.9. The number of aryl methyl sites for hydroxylation is 2. The van der Waals surface area contributed by atoms with Crippen molar-refractivity contribution >= 4 is 48.8 Å². The number of hydrogen-bond donors (Lipinski definition) is 1. The maximum Gasteiger partial charge on any atom is 0.0762 e. The number of hydrogen-bond acceptors (Lipinski definition) is 1. The van der Waals surface area contributed by atoms with E-state index in [0.717, 1.165) is 27.3 Å². The highest BCUT2D eigenvalue weighted by Crippen LogP contribution is 2.44. The fourth-order valence-corrected chi connectivity index (χ4v) is 5.32. The third-order valence-corrected chi connectivity index (χ3v) is 6.69. The molecule has 3 heteroatoms. The van der Waals surface area contributed by atoms with E-state index in [2.05, 4.69) is 109 Å². The number of aliphatic imine (C=N–C) groups is 1. The lowest BCUT2D eigenvalue weighted by molar-refractivity contribution is 1.21. The third kappa shape index (κ3) is 2.88. The predicted octanol–water partition coefficient (Wildman–Crippen LogP) is 7.88. The Morgan fingerprint density at radius 3 is 1.87 bits per heavy atom. The van der Waals surface area contributed by atoms with Crippen LogP contribution in [0.3, 0.4) is 0 Å². The van der Waals surface area contributed by atoms with Crippen LogP contribution in [0.2, 0.25) is 0 Å². The van der Waals surface area contributed by atoms with Crippen LogP contribution >= 0.6 is 15.9 Å². The average molecular weight is 455 g/mol. The van der Waals surface area contributed by atoms with E-state index < -0.39 is 0 Å². The number of allylic oxidation sites excluding steroid dienone is 2. The van der Waals surface area contributed by atoms with E-state index in [1.165, 1.54) is 43.8 Å². The zero-order chi connectivity index (χ0) is 21.0. The van der Waals surface area contributed by atoms with Crippen LogP contribution in [0.1, 0.15) is 36.4 Å². The molecule has 0 bridgehead atoms. The Labute approximate surface area is 185 Å². The summed E-state index contributed by atoms with van der Waals surface area (Å²) in [6, 6.07) is 19.5. The van der Waals surface area contributed by atoms with Crippen LogP contribution in [0.15, 0.2) is 81.4 Å². The number of benzene rings is 3. The fourth-order valence-electron chi connectivity index (χ4n) is 4.63. The van der Waals surface area contributed by atoms with E-state index in [9.17, 15) is 0 Å². The van der Waals surface area contributed by atoms with Crippen LogP contribution in [0, 0.1) is 13.8 Å². The summed E-state index contributed by atoms with van der Waals surface area (Å²) in [5, 5.41) is 4.88. The van der Waals surface area contributed by atoms with E-state index in [1.54, 1.807) is 0 Å². The summed E-state index contributed by atoms with van der Waals surface area (Å²) >= 11 is 3.88. The predicted molar refractivity (Wildman–Crippen MR) is 132 cm³/mol. The van der Waals surface area contributed by atoms with Crippen LogP contribution in [0.25, 0.3) is 27.1 Å². The number of aromatic nitrogens is 1. The number of halogens is 1. The second-order valence-corrected chi connectivity index (χ2v) is 8.89. The summed E-state index contributed by atoms with van der Waals surface area (Å²) in [4.78, 5) is 8.61. The number of nitrogens with one attached hydrogen (secondary N) is 1. The molecule has 2 nitrogen and oxygen atoms in total. The van der Waals surface area contributed by atoms with Gasteiger partial charge in [-0.05, 0) is 88.4 Å². The molecule has 3 aromatic carbocycles. The standard InChI is InChI=1S/C27H23BrN2/c1-15-13-17(3)29-26(15)24(27-16(2)14-18(4)30-27)23-19-9-5-7-11-21(19)25(28)22-12-8-6-10-20(22)23/h5-14,29H,1-4H3/b27-24+. The number of rotatable bonds is 2. The molecular formula is C27H23BrN2. The lowest BCUT2D eigenvalue weighted by Gasteiger charge is -2.19. The molecular weight excluding hydrogens is 432 g/mol. The van der Waals surface area contributed by atoms with Crippen LogP contribution in [0.4, 0.5) is 0 Å². The van der Waals surface area contributed by atoms with Gasteiger partial charge in [-0.3, -0.25) is 4.99 Å². The van der Waals surface area contributed by atoms with Crippen molar-refractivity contribution in [2.24, 2.45) is 4.99 Å². The van der Waals surface area contributed by atoms with Crippen LogP contribution in [0.5, 0.6) is 0 Å². The molecule has 0 saturated heterocycles. The topological polar surface area (TPSA) is 28.1 Å². The summed E-state index contributed by atoms with van der Waals surface area (Å²) in [6.07, 6.45) is 2.17. The molecule has 5 rings (SSSR count). The summed E-state index contributed by atoms with van der Waals surface area (Å²) < 4.78 is 1.14. The smallest absolute Gasteiger partial charge is 0.0762 e. The maximum atomic E-state index is 4.98. The van der Waals surface area contributed by atoms with Crippen molar-refractivity contribution in [3.63, 3.8) is 0 Å². The number of nitrogens with zero attached hydrogens (tertiary/aromatic N) is 1. The minimum Gasteiger partial charge on any atom is -0.358 e. The molecule has 4 aromatic rings. The van der Waals surface area contributed by atoms with Gasteiger partial charge < -0.3 is 4.98 Å². The zero-order valence-corrected chi connectivity index (χ0v) is 19.2.